The van der Waals surface area contributed by atoms with Crippen LogP contribution < -0.4 is 4.57 Å². The van der Waals surface area contributed by atoms with Crippen molar-refractivity contribution in [1.82, 2.24) is 4.98 Å². The normalized spacial score (nSPS) is 11.0. The first kappa shape index (κ1) is 16.7. The van der Waals surface area contributed by atoms with Crippen LogP contribution >= 0.6 is 34.8 Å². The number of hydrogen-bond donors (Lipinski definition) is 0. The van der Waals surface area contributed by atoms with Crippen molar-refractivity contribution in [1.29, 1.82) is 0 Å². The van der Waals surface area contributed by atoms with Crippen LogP contribution in [0.3, 0.4) is 0 Å². The number of hydrogen-bond acceptors (Lipinski definition) is 4. The number of esters is 1. The number of halogens is 3. The molecule has 1 aromatic carbocycles. The van der Waals surface area contributed by atoms with E-state index >= 15 is 0 Å². The monoisotopic (exact) mass is 359 g/mol. The molecule has 0 saturated heterocycles. The Balaban J connectivity index is 2.22. The third-order valence-corrected chi connectivity index (χ3v) is 2.90. The predicted molar refractivity (Wildman–Crippen MR) is 80.9 cm³/mol. The summed E-state index contributed by atoms with van der Waals surface area (Å²) in [4.78, 5) is 28.0. The maximum atomic E-state index is 12.2. The highest BCUT2D eigenvalue weighted by atomic mass is 35.6. The molecule has 2 aromatic rings. The zero-order chi connectivity index (χ0) is 16.2. The number of carbonyl (C=O) groups is 2. The molecule has 0 radical (unpaired) electrons. The second-order valence-corrected chi connectivity index (χ2v) is 6.39. The zero-order valence-corrected chi connectivity index (χ0v) is 13.3. The fourth-order valence-corrected chi connectivity index (χ4v) is 1.93. The van der Waals surface area contributed by atoms with Crippen LogP contribution in [0.4, 0.5) is 0 Å². The van der Waals surface area contributed by atoms with Crippen molar-refractivity contribution in [2.45, 2.75) is 10.5 Å². The number of rotatable bonds is 4. The van der Waals surface area contributed by atoms with Crippen molar-refractivity contribution >= 4 is 46.6 Å². The molecule has 1 heterocycles. The van der Waals surface area contributed by atoms with Crippen LogP contribution in [0.5, 0.6) is 0 Å². The topological polar surface area (TPSA) is 60.1 Å². The average molecular weight is 361 g/mol. The molecule has 1 aromatic heterocycles. The molecule has 0 spiro atoms. The van der Waals surface area contributed by atoms with Gasteiger partial charge in [0.25, 0.3) is 0 Å². The number of aromatic nitrogens is 2. The minimum atomic E-state index is -2.19. The lowest BCUT2D eigenvalue weighted by Gasteiger charge is -2.10. The SMILES string of the molecule is O=C(C[n+]1ccncc1C(=O)OC(Cl)(Cl)Cl)c1ccccc1. The largest absolute Gasteiger partial charge is 0.408 e. The highest BCUT2D eigenvalue weighted by molar-refractivity contribution is 6.66. The maximum absolute atomic E-state index is 12.2. The summed E-state index contributed by atoms with van der Waals surface area (Å²) in [7, 11) is 0. The van der Waals surface area contributed by atoms with Crippen molar-refractivity contribution in [3.8, 4) is 0 Å². The molecule has 0 N–H and O–H groups in total. The van der Waals surface area contributed by atoms with E-state index in [4.69, 9.17) is 34.8 Å². The van der Waals surface area contributed by atoms with Gasteiger partial charge in [0.1, 0.15) is 6.20 Å². The van der Waals surface area contributed by atoms with Gasteiger partial charge in [-0.1, -0.05) is 30.3 Å². The molecule has 0 bridgehead atoms. The standard InChI is InChI=1S/C14H10Cl3N2O3/c15-14(16,17)22-13(21)11-8-18-6-7-19(11)9-12(20)10-4-2-1-3-5-10/h1-8H,9H2/q+1. The quantitative estimate of drug-likeness (QED) is 0.364. The van der Waals surface area contributed by atoms with Crippen LogP contribution in [0.2, 0.25) is 0 Å². The first-order chi connectivity index (χ1) is 10.4. The van der Waals surface area contributed by atoms with Crippen molar-refractivity contribution in [3.63, 3.8) is 0 Å². The minimum Gasteiger partial charge on any atom is -0.406 e. The van der Waals surface area contributed by atoms with Crippen LogP contribution in [-0.2, 0) is 11.3 Å². The van der Waals surface area contributed by atoms with E-state index in [1.165, 1.54) is 23.2 Å². The van der Waals surface area contributed by atoms with Crippen LogP contribution in [0.1, 0.15) is 20.8 Å². The molecule has 0 aliphatic carbocycles. The number of ether oxygens (including phenoxy) is 1. The second-order valence-electron chi connectivity index (χ2n) is 4.21. The number of benzene rings is 1. The second kappa shape index (κ2) is 7.05. The van der Waals surface area contributed by atoms with Gasteiger partial charge in [-0.25, -0.2) is 4.79 Å². The van der Waals surface area contributed by atoms with E-state index in [2.05, 4.69) is 9.72 Å². The van der Waals surface area contributed by atoms with Gasteiger partial charge in [-0.2, -0.15) is 4.57 Å². The van der Waals surface area contributed by atoms with Crippen LogP contribution in [0.15, 0.2) is 48.9 Å². The molecule has 0 unspecified atom stereocenters. The smallest absolute Gasteiger partial charge is 0.406 e. The molecule has 0 atom stereocenters. The van der Waals surface area contributed by atoms with Gasteiger partial charge in [-0.05, 0) is 34.8 Å². The highest BCUT2D eigenvalue weighted by Gasteiger charge is 2.31. The van der Waals surface area contributed by atoms with E-state index in [-0.39, 0.29) is 18.0 Å². The number of nitrogens with zero attached hydrogens (tertiary/aromatic N) is 2. The Morgan fingerprint density at radius 2 is 1.86 bits per heavy atom. The average Bonchev–Trinajstić information content (AvgIpc) is 2.47. The lowest BCUT2D eigenvalue weighted by molar-refractivity contribution is -0.686. The van der Waals surface area contributed by atoms with E-state index in [1.54, 1.807) is 30.3 Å². The first-order valence-electron chi connectivity index (χ1n) is 6.08. The molecule has 0 aliphatic heterocycles. The molecule has 114 valence electrons. The van der Waals surface area contributed by atoms with Crippen molar-refractivity contribution in [2.75, 3.05) is 0 Å². The van der Waals surface area contributed by atoms with Crippen molar-refractivity contribution in [2.24, 2.45) is 0 Å². The third-order valence-electron chi connectivity index (χ3n) is 2.67. The van der Waals surface area contributed by atoms with Gasteiger partial charge in [-0.15, -0.1) is 0 Å². The Bertz CT molecular complexity index is 687. The van der Waals surface area contributed by atoms with Crippen molar-refractivity contribution in [3.05, 3.63) is 60.2 Å². The number of Topliss-reactive ketones (excluding diaryl/α,β-unsaturated/α-hetero) is 1. The highest BCUT2D eigenvalue weighted by Crippen LogP contribution is 2.28. The fourth-order valence-electron chi connectivity index (χ4n) is 1.72. The van der Waals surface area contributed by atoms with Gasteiger partial charge in [0.15, 0.2) is 6.20 Å². The Morgan fingerprint density at radius 3 is 2.50 bits per heavy atom. The Kier molecular flexibility index (Phi) is 5.34. The summed E-state index contributed by atoms with van der Waals surface area (Å²) in [6.07, 6.45) is 4.14. The summed E-state index contributed by atoms with van der Waals surface area (Å²) < 4.78 is 3.83. The minimum absolute atomic E-state index is 0.00175. The van der Waals surface area contributed by atoms with Gasteiger partial charge >= 0.3 is 15.6 Å². The van der Waals surface area contributed by atoms with Crippen molar-refractivity contribution < 1.29 is 18.9 Å². The van der Waals surface area contributed by atoms with Crippen LogP contribution in [-0.4, -0.2) is 20.7 Å². The number of ketones is 1. The summed E-state index contributed by atoms with van der Waals surface area (Å²) in [5.74, 6) is -1.08. The van der Waals surface area contributed by atoms with E-state index in [0.29, 0.717) is 5.56 Å². The molecule has 0 fully saturated rings. The molecule has 0 saturated carbocycles. The van der Waals surface area contributed by atoms with Crippen LogP contribution in [0.25, 0.3) is 0 Å². The molecule has 0 aliphatic rings. The molecule has 2 rings (SSSR count). The molecule has 0 amide bonds. The Labute approximate surface area is 141 Å². The van der Waals surface area contributed by atoms with E-state index < -0.39 is 9.95 Å². The zero-order valence-electron chi connectivity index (χ0n) is 11.1. The van der Waals surface area contributed by atoms with Gasteiger partial charge in [0.05, 0.1) is 6.20 Å². The first-order valence-corrected chi connectivity index (χ1v) is 7.22. The predicted octanol–water partition coefficient (Wildman–Crippen LogP) is 2.74. The van der Waals surface area contributed by atoms with E-state index in [1.807, 2.05) is 0 Å². The number of carbonyl (C=O) groups excluding carboxylic acids is 2. The lowest BCUT2D eigenvalue weighted by atomic mass is 10.1. The van der Waals surface area contributed by atoms with E-state index in [9.17, 15) is 9.59 Å². The maximum Gasteiger partial charge on any atom is 0.408 e. The van der Waals surface area contributed by atoms with Gasteiger partial charge < -0.3 is 4.74 Å². The molecule has 8 heteroatoms. The summed E-state index contributed by atoms with van der Waals surface area (Å²) in [6.45, 7) is -0.0726. The van der Waals surface area contributed by atoms with Gasteiger partial charge in [-0.3, -0.25) is 9.78 Å². The summed E-state index contributed by atoms with van der Waals surface area (Å²) in [6, 6.07) is 8.68. The van der Waals surface area contributed by atoms with E-state index in [0.717, 1.165) is 0 Å². The van der Waals surface area contributed by atoms with Gasteiger partial charge in [0.2, 0.25) is 12.3 Å². The summed E-state index contributed by atoms with van der Waals surface area (Å²) in [5, 5.41) is 0. The Morgan fingerprint density at radius 1 is 1.18 bits per heavy atom. The van der Waals surface area contributed by atoms with Gasteiger partial charge in [0, 0.05) is 5.56 Å². The Hall–Kier alpha value is -1.69. The molecule has 22 heavy (non-hydrogen) atoms. The number of alkyl halides is 3. The molecule has 5 nitrogen and oxygen atoms in total. The lowest BCUT2D eigenvalue weighted by Crippen LogP contribution is -2.44. The fraction of sp³-hybridized carbons (Fsp3) is 0.143. The molecular formula is C14H10Cl3N2O3+. The molecular weight excluding hydrogens is 351 g/mol. The summed E-state index contributed by atoms with van der Waals surface area (Å²) >= 11 is 16.3. The summed E-state index contributed by atoms with van der Waals surface area (Å²) in [5.41, 5.74) is 0.519. The third kappa shape index (κ3) is 4.66. The van der Waals surface area contributed by atoms with Crippen LogP contribution in [0, 0.1) is 0 Å².